The number of nitrogens with zero attached hydrogens (tertiary/aromatic N) is 1. The van der Waals surface area contributed by atoms with E-state index in [9.17, 15) is 24.3 Å². The Balaban J connectivity index is 2.16. The number of rotatable bonds is 6. The molecular weight excluding hydrogens is 460 g/mol. The number of alkyl halides is 2. The average Bonchev–Trinajstić information content (AvgIpc) is 2.55. The topological polar surface area (TPSA) is 113 Å². The summed E-state index contributed by atoms with van der Waals surface area (Å²) in [7, 11) is 0. The van der Waals surface area contributed by atoms with Crippen LogP contribution in [-0.4, -0.2) is 68.2 Å². The summed E-state index contributed by atoms with van der Waals surface area (Å²) in [5.41, 5.74) is 0.178. The Kier molecular flexibility index (Phi) is 6.09. The first-order chi connectivity index (χ1) is 10.9. The monoisotopic (exact) mass is 470 g/mol. The largest absolute Gasteiger partial charge is 0.477 e. The Bertz CT molecular complexity index is 596. The molecule has 2 aliphatic heterocycles. The van der Waals surface area contributed by atoms with Gasteiger partial charge in [-0.3, -0.25) is 19.3 Å². The van der Waals surface area contributed by atoms with Crippen molar-refractivity contribution in [3.63, 3.8) is 0 Å². The molecule has 8 nitrogen and oxygen atoms in total. The molecule has 2 N–H and O–H groups in total. The van der Waals surface area contributed by atoms with E-state index in [-0.39, 0.29) is 28.9 Å². The maximum absolute atomic E-state index is 12.2. The molecule has 2 aliphatic rings. The van der Waals surface area contributed by atoms with Crippen LogP contribution in [0, 0.1) is 0 Å². The lowest BCUT2D eigenvalue weighted by Crippen LogP contribution is -2.70. The average molecular weight is 472 g/mol. The summed E-state index contributed by atoms with van der Waals surface area (Å²) in [5.74, 6) is -2.32. The normalized spacial score (nSPS) is 23.0. The number of carbonyl (C=O) groups is 4. The molecule has 2 heterocycles. The van der Waals surface area contributed by atoms with E-state index in [1.54, 1.807) is 0 Å². The van der Waals surface area contributed by atoms with Gasteiger partial charge in [-0.15, -0.1) is 11.8 Å². The van der Waals surface area contributed by atoms with E-state index >= 15 is 0 Å². The first-order valence-electron chi connectivity index (χ1n) is 6.37. The lowest BCUT2D eigenvalue weighted by Gasteiger charge is -2.49. The molecule has 2 atom stereocenters. The van der Waals surface area contributed by atoms with Crippen molar-refractivity contribution in [3.8, 4) is 0 Å². The highest BCUT2D eigenvalue weighted by molar-refractivity contribution is 9.09. The van der Waals surface area contributed by atoms with Crippen molar-refractivity contribution in [1.29, 1.82) is 0 Å². The number of halogens is 2. The van der Waals surface area contributed by atoms with Gasteiger partial charge in [-0.25, -0.2) is 4.79 Å². The SMILES string of the molecule is O=C(CBr)N[C@@H]1C(=O)N2C(C(=O)O)=C(COC(=O)CBr)CS[C@H]12. The van der Waals surface area contributed by atoms with Crippen LogP contribution >= 0.6 is 43.6 Å². The van der Waals surface area contributed by atoms with Crippen LogP contribution in [0.4, 0.5) is 0 Å². The van der Waals surface area contributed by atoms with E-state index in [1.165, 1.54) is 11.8 Å². The van der Waals surface area contributed by atoms with Crippen LogP contribution in [-0.2, 0) is 23.9 Å². The van der Waals surface area contributed by atoms with Gasteiger partial charge in [0.1, 0.15) is 29.0 Å². The van der Waals surface area contributed by atoms with Crippen molar-refractivity contribution in [1.82, 2.24) is 10.2 Å². The van der Waals surface area contributed by atoms with Gasteiger partial charge in [-0.05, 0) is 0 Å². The van der Waals surface area contributed by atoms with Crippen LogP contribution in [0.25, 0.3) is 0 Å². The Morgan fingerprint density at radius 2 is 2.04 bits per heavy atom. The standard InChI is InChI=1S/C12H12Br2N2O6S/c13-1-6(17)15-8-10(19)16-9(12(20)21)5(4-23-11(8)16)3-22-7(18)2-14/h8,11H,1-4H2,(H,15,17)(H,20,21)/t8-,11-/m1/s1. The van der Waals surface area contributed by atoms with Crippen molar-refractivity contribution in [3.05, 3.63) is 11.3 Å². The first kappa shape index (κ1) is 18.3. The smallest absolute Gasteiger partial charge is 0.352 e. The minimum absolute atomic E-state index is 0.00173. The molecule has 2 rings (SSSR count). The van der Waals surface area contributed by atoms with Crippen LogP contribution in [0.3, 0.4) is 0 Å². The molecule has 11 heteroatoms. The predicted octanol–water partition coefficient (Wildman–Crippen LogP) is 0.0580. The number of amides is 2. The van der Waals surface area contributed by atoms with E-state index in [0.717, 1.165) is 4.90 Å². The molecule has 0 radical (unpaired) electrons. The number of carboxylic acids is 1. The third-order valence-corrected chi connectivity index (χ3v) is 5.51. The Morgan fingerprint density at radius 1 is 1.35 bits per heavy atom. The van der Waals surface area contributed by atoms with E-state index in [2.05, 4.69) is 37.2 Å². The second kappa shape index (κ2) is 7.67. The van der Waals surface area contributed by atoms with Gasteiger partial charge in [-0.2, -0.15) is 0 Å². The highest BCUT2D eigenvalue weighted by Gasteiger charge is 2.54. The summed E-state index contributed by atoms with van der Waals surface area (Å²) in [6.07, 6.45) is 0. The molecule has 0 aromatic rings. The summed E-state index contributed by atoms with van der Waals surface area (Å²) < 4.78 is 4.93. The number of fused-ring (bicyclic) bond motifs is 1. The Labute approximate surface area is 152 Å². The summed E-state index contributed by atoms with van der Waals surface area (Å²) in [6, 6.07) is -0.744. The van der Waals surface area contributed by atoms with Gasteiger partial charge >= 0.3 is 11.9 Å². The van der Waals surface area contributed by atoms with Gasteiger partial charge in [-0.1, -0.05) is 31.9 Å². The van der Waals surface area contributed by atoms with Crippen LogP contribution < -0.4 is 5.32 Å². The molecule has 1 fully saturated rings. The van der Waals surface area contributed by atoms with Gasteiger partial charge in [0.2, 0.25) is 5.91 Å². The number of hydrogen-bond acceptors (Lipinski definition) is 6. The van der Waals surface area contributed by atoms with Gasteiger partial charge in [0, 0.05) is 11.3 Å². The van der Waals surface area contributed by atoms with Gasteiger partial charge in [0.25, 0.3) is 5.91 Å². The number of carboxylic acid groups (broad SMARTS) is 1. The first-order valence-corrected chi connectivity index (χ1v) is 9.66. The van der Waals surface area contributed by atoms with E-state index < -0.39 is 29.3 Å². The fourth-order valence-electron chi connectivity index (χ4n) is 2.21. The minimum atomic E-state index is -1.26. The molecule has 0 aromatic carbocycles. The predicted molar refractivity (Wildman–Crippen MR) is 88.2 cm³/mol. The molecule has 0 unspecified atom stereocenters. The van der Waals surface area contributed by atoms with Crippen molar-refractivity contribution in [2.75, 3.05) is 23.0 Å². The van der Waals surface area contributed by atoms with Crippen LogP contribution in [0.15, 0.2) is 11.3 Å². The third-order valence-electron chi connectivity index (χ3n) is 3.20. The summed E-state index contributed by atoms with van der Waals surface area (Å²) in [4.78, 5) is 47.4. The van der Waals surface area contributed by atoms with E-state index in [4.69, 9.17) is 4.74 Å². The van der Waals surface area contributed by atoms with E-state index in [0.29, 0.717) is 11.3 Å². The molecular formula is C12H12Br2N2O6S. The zero-order valence-corrected chi connectivity index (χ0v) is 15.6. The van der Waals surface area contributed by atoms with E-state index in [1.807, 2.05) is 0 Å². The second-order valence-corrected chi connectivity index (χ2v) is 6.87. The molecule has 126 valence electrons. The van der Waals surface area contributed by atoms with Crippen molar-refractivity contribution >= 4 is 67.4 Å². The number of hydrogen-bond donors (Lipinski definition) is 2. The fraction of sp³-hybridized carbons (Fsp3) is 0.500. The Morgan fingerprint density at radius 3 is 2.61 bits per heavy atom. The zero-order valence-electron chi connectivity index (χ0n) is 11.6. The lowest BCUT2D eigenvalue weighted by molar-refractivity contribution is -0.150. The molecule has 0 aromatic heterocycles. The number of carbonyl (C=O) groups excluding carboxylic acids is 3. The summed E-state index contributed by atoms with van der Waals surface area (Å²) in [6.45, 7) is -0.187. The van der Waals surface area contributed by atoms with Gasteiger partial charge < -0.3 is 15.2 Å². The fourth-order valence-corrected chi connectivity index (χ4v) is 3.86. The van der Waals surface area contributed by atoms with Crippen LogP contribution in [0.2, 0.25) is 0 Å². The minimum Gasteiger partial charge on any atom is -0.477 e. The second-order valence-electron chi connectivity index (χ2n) is 4.64. The highest BCUT2D eigenvalue weighted by atomic mass is 79.9. The summed E-state index contributed by atoms with van der Waals surface area (Å²) >= 11 is 7.25. The number of esters is 1. The zero-order chi connectivity index (χ0) is 17.1. The van der Waals surface area contributed by atoms with Gasteiger partial charge in [0.15, 0.2) is 0 Å². The third kappa shape index (κ3) is 3.72. The maximum Gasteiger partial charge on any atom is 0.352 e. The van der Waals surface area contributed by atoms with Gasteiger partial charge in [0.05, 0.1) is 5.33 Å². The molecule has 23 heavy (non-hydrogen) atoms. The molecule has 0 saturated carbocycles. The number of thioether (sulfide) groups is 1. The molecule has 0 aliphatic carbocycles. The molecule has 1 saturated heterocycles. The van der Waals surface area contributed by atoms with Crippen molar-refractivity contribution < 1.29 is 29.0 Å². The lowest BCUT2D eigenvalue weighted by atomic mass is 10.0. The van der Waals surface area contributed by atoms with Crippen LogP contribution in [0.5, 0.6) is 0 Å². The van der Waals surface area contributed by atoms with Crippen LogP contribution in [0.1, 0.15) is 0 Å². The number of ether oxygens (including phenoxy) is 1. The molecule has 0 spiro atoms. The van der Waals surface area contributed by atoms with Crippen molar-refractivity contribution in [2.45, 2.75) is 11.4 Å². The molecule has 2 amide bonds. The quantitative estimate of drug-likeness (QED) is 0.320. The Hall–Kier alpha value is -1.07. The van der Waals surface area contributed by atoms with Crippen molar-refractivity contribution in [2.24, 2.45) is 0 Å². The number of β-lactam (4-membered cyclic amide) rings is 1. The highest BCUT2D eigenvalue weighted by Crippen LogP contribution is 2.40. The number of nitrogens with one attached hydrogen (secondary N) is 1. The summed E-state index contributed by atoms with van der Waals surface area (Å²) in [5, 5.41) is 11.5. The maximum atomic E-state index is 12.2. The number of aliphatic carboxylic acids is 1. The molecule has 0 bridgehead atoms.